The van der Waals surface area contributed by atoms with Crippen LogP contribution in [0.4, 0.5) is 0 Å². The molecule has 1 aromatic heterocycles. The standard InChI is InChI=1S/C13H21N3O3/c1-8-10(7-14-16(8)6)12(18)19-9(2)11(17)15-13(3,4)5/h7,9H,1-6H3,(H,15,17). The van der Waals surface area contributed by atoms with E-state index in [1.54, 1.807) is 25.6 Å². The highest BCUT2D eigenvalue weighted by atomic mass is 16.5. The number of carbonyl (C=O) groups is 2. The third kappa shape index (κ3) is 4.08. The van der Waals surface area contributed by atoms with Crippen molar-refractivity contribution in [2.45, 2.75) is 46.3 Å². The van der Waals surface area contributed by atoms with Gasteiger partial charge in [0.15, 0.2) is 6.10 Å². The van der Waals surface area contributed by atoms with Gasteiger partial charge in [0.2, 0.25) is 0 Å². The Morgan fingerprint density at radius 1 is 1.42 bits per heavy atom. The van der Waals surface area contributed by atoms with Crippen molar-refractivity contribution in [3.63, 3.8) is 0 Å². The highest BCUT2D eigenvalue weighted by molar-refractivity contribution is 5.93. The summed E-state index contributed by atoms with van der Waals surface area (Å²) < 4.78 is 6.71. The second-order valence-corrected chi connectivity index (χ2v) is 5.55. The second-order valence-electron chi connectivity index (χ2n) is 5.55. The van der Waals surface area contributed by atoms with Crippen molar-refractivity contribution in [1.29, 1.82) is 0 Å². The molecule has 0 saturated carbocycles. The molecular weight excluding hydrogens is 246 g/mol. The number of esters is 1. The molecule has 0 aliphatic heterocycles. The summed E-state index contributed by atoms with van der Waals surface area (Å²) in [6, 6.07) is 0. The van der Waals surface area contributed by atoms with Gasteiger partial charge in [-0.15, -0.1) is 0 Å². The summed E-state index contributed by atoms with van der Waals surface area (Å²) in [4.78, 5) is 23.7. The number of amides is 1. The van der Waals surface area contributed by atoms with E-state index in [-0.39, 0.29) is 11.4 Å². The monoisotopic (exact) mass is 267 g/mol. The van der Waals surface area contributed by atoms with Crippen molar-refractivity contribution in [1.82, 2.24) is 15.1 Å². The number of carbonyl (C=O) groups excluding carboxylic acids is 2. The number of nitrogens with one attached hydrogen (secondary N) is 1. The predicted molar refractivity (Wildman–Crippen MR) is 70.7 cm³/mol. The summed E-state index contributed by atoms with van der Waals surface area (Å²) in [6.07, 6.45) is 0.595. The van der Waals surface area contributed by atoms with Crippen LogP contribution in [0.5, 0.6) is 0 Å². The van der Waals surface area contributed by atoms with Gasteiger partial charge in [-0.1, -0.05) is 0 Å². The van der Waals surface area contributed by atoms with Crippen LogP contribution in [0.1, 0.15) is 43.7 Å². The van der Waals surface area contributed by atoms with Crippen LogP contribution in [0.25, 0.3) is 0 Å². The number of ether oxygens (including phenoxy) is 1. The van der Waals surface area contributed by atoms with E-state index in [0.717, 1.165) is 0 Å². The second kappa shape index (κ2) is 5.42. The Bertz CT molecular complexity index is 486. The van der Waals surface area contributed by atoms with Crippen molar-refractivity contribution in [2.24, 2.45) is 7.05 Å². The number of nitrogens with zero attached hydrogens (tertiary/aromatic N) is 2. The molecular formula is C13H21N3O3. The van der Waals surface area contributed by atoms with Gasteiger partial charge < -0.3 is 10.1 Å². The lowest BCUT2D eigenvalue weighted by Gasteiger charge is -2.23. The first-order valence-corrected chi connectivity index (χ1v) is 6.13. The highest BCUT2D eigenvalue weighted by Crippen LogP contribution is 2.09. The molecule has 1 unspecified atom stereocenters. The third-order valence-corrected chi connectivity index (χ3v) is 2.61. The van der Waals surface area contributed by atoms with Crippen LogP contribution in [0.3, 0.4) is 0 Å². The molecule has 1 amide bonds. The molecule has 1 N–H and O–H groups in total. The molecule has 0 aliphatic rings. The van der Waals surface area contributed by atoms with E-state index in [4.69, 9.17) is 4.74 Å². The molecule has 1 atom stereocenters. The molecule has 19 heavy (non-hydrogen) atoms. The molecule has 0 bridgehead atoms. The molecule has 0 spiro atoms. The molecule has 0 saturated heterocycles. The Balaban J connectivity index is 2.67. The van der Waals surface area contributed by atoms with Gasteiger partial charge in [0.1, 0.15) is 5.56 Å². The normalized spacial score (nSPS) is 12.9. The summed E-state index contributed by atoms with van der Waals surface area (Å²) in [5, 5.41) is 6.72. The topological polar surface area (TPSA) is 73.2 Å². The minimum atomic E-state index is -0.841. The Hall–Kier alpha value is -1.85. The van der Waals surface area contributed by atoms with E-state index in [9.17, 15) is 9.59 Å². The zero-order valence-electron chi connectivity index (χ0n) is 12.3. The van der Waals surface area contributed by atoms with Crippen LogP contribution >= 0.6 is 0 Å². The molecule has 0 fully saturated rings. The van der Waals surface area contributed by atoms with E-state index in [1.807, 2.05) is 20.8 Å². The Kier molecular flexibility index (Phi) is 4.34. The highest BCUT2D eigenvalue weighted by Gasteiger charge is 2.24. The first-order chi connectivity index (χ1) is 8.61. The quantitative estimate of drug-likeness (QED) is 0.835. The predicted octanol–water partition coefficient (Wildman–Crippen LogP) is 1.19. The molecule has 106 valence electrons. The summed E-state index contributed by atoms with van der Waals surface area (Å²) in [6.45, 7) is 8.91. The first kappa shape index (κ1) is 15.2. The molecule has 0 radical (unpaired) electrons. The van der Waals surface area contributed by atoms with Crippen molar-refractivity contribution >= 4 is 11.9 Å². The molecule has 1 heterocycles. The first-order valence-electron chi connectivity index (χ1n) is 6.13. The van der Waals surface area contributed by atoms with Gasteiger partial charge in [-0.05, 0) is 34.6 Å². The van der Waals surface area contributed by atoms with Crippen molar-refractivity contribution in [3.8, 4) is 0 Å². The maximum atomic E-state index is 11.9. The van der Waals surface area contributed by atoms with E-state index in [0.29, 0.717) is 11.3 Å². The average Bonchev–Trinajstić information content (AvgIpc) is 2.57. The smallest absolute Gasteiger partial charge is 0.342 e. The van der Waals surface area contributed by atoms with Crippen molar-refractivity contribution < 1.29 is 14.3 Å². The minimum Gasteiger partial charge on any atom is -0.449 e. The lowest BCUT2D eigenvalue weighted by atomic mass is 10.1. The number of hydrogen-bond acceptors (Lipinski definition) is 4. The van der Waals surface area contributed by atoms with Gasteiger partial charge in [0, 0.05) is 18.3 Å². The van der Waals surface area contributed by atoms with Crippen LogP contribution in [0.15, 0.2) is 6.20 Å². The number of hydrogen-bond donors (Lipinski definition) is 1. The zero-order valence-corrected chi connectivity index (χ0v) is 12.3. The fourth-order valence-electron chi connectivity index (χ4n) is 1.45. The Labute approximate surface area is 113 Å². The van der Waals surface area contributed by atoms with Gasteiger partial charge in [0.05, 0.1) is 6.20 Å². The van der Waals surface area contributed by atoms with Crippen molar-refractivity contribution in [3.05, 3.63) is 17.5 Å². The maximum Gasteiger partial charge on any atom is 0.342 e. The fraction of sp³-hybridized carbons (Fsp3) is 0.615. The van der Waals surface area contributed by atoms with Crippen LogP contribution in [-0.2, 0) is 16.6 Å². The lowest BCUT2D eigenvalue weighted by molar-refractivity contribution is -0.130. The molecule has 0 aromatic carbocycles. The lowest BCUT2D eigenvalue weighted by Crippen LogP contribution is -2.46. The summed E-state index contributed by atoms with van der Waals surface area (Å²) in [5.41, 5.74) is 0.716. The molecule has 1 rings (SSSR count). The molecule has 0 aliphatic carbocycles. The third-order valence-electron chi connectivity index (χ3n) is 2.61. The van der Waals surface area contributed by atoms with Crippen molar-refractivity contribution in [2.75, 3.05) is 0 Å². The van der Waals surface area contributed by atoms with Gasteiger partial charge >= 0.3 is 5.97 Å². The SMILES string of the molecule is Cc1c(C(=O)OC(C)C(=O)NC(C)(C)C)cnn1C. The Morgan fingerprint density at radius 2 is 2.00 bits per heavy atom. The maximum absolute atomic E-state index is 11.9. The van der Waals surface area contributed by atoms with E-state index >= 15 is 0 Å². The minimum absolute atomic E-state index is 0.317. The largest absolute Gasteiger partial charge is 0.449 e. The average molecular weight is 267 g/mol. The Morgan fingerprint density at radius 3 is 2.42 bits per heavy atom. The summed E-state index contributed by atoms with van der Waals surface area (Å²) >= 11 is 0. The van der Waals surface area contributed by atoms with Gasteiger partial charge in [-0.2, -0.15) is 5.10 Å². The summed E-state index contributed by atoms with van der Waals surface area (Å²) in [5.74, 6) is -0.857. The number of rotatable bonds is 3. The molecule has 6 nitrogen and oxygen atoms in total. The fourth-order valence-corrected chi connectivity index (χ4v) is 1.45. The van der Waals surface area contributed by atoms with E-state index < -0.39 is 12.1 Å². The van der Waals surface area contributed by atoms with E-state index in [1.165, 1.54) is 6.20 Å². The number of aromatic nitrogens is 2. The molecule has 6 heteroatoms. The number of aryl methyl sites for hydroxylation is 1. The van der Waals surface area contributed by atoms with Gasteiger partial charge in [0.25, 0.3) is 5.91 Å². The van der Waals surface area contributed by atoms with Crippen LogP contribution < -0.4 is 5.32 Å². The van der Waals surface area contributed by atoms with Crippen LogP contribution in [0.2, 0.25) is 0 Å². The van der Waals surface area contributed by atoms with Gasteiger partial charge in [-0.3, -0.25) is 9.48 Å². The van der Waals surface area contributed by atoms with E-state index in [2.05, 4.69) is 10.4 Å². The summed E-state index contributed by atoms with van der Waals surface area (Å²) in [7, 11) is 1.74. The van der Waals surface area contributed by atoms with Crippen LogP contribution in [0, 0.1) is 6.92 Å². The molecule has 1 aromatic rings. The zero-order chi connectivity index (χ0) is 14.8. The van der Waals surface area contributed by atoms with Crippen LogP contribution in [-0.4, -0.2) is 33.3 Å². The van der Waals surface area contributed by atoms with Gasteiger partial charge in [-0.25, -0.2) is 4.79 Å².